The summed E-state index contributed by atoms with van der Waals surface area (Å²) in [6, 6.07) is 1.71. The number of rotatable bonds is 3. The number of ether oxygens (including phenoxy) is 1. The van der Waals surface area contributed by atoms with Gasteiger partial charge < -0.3 is 20.5 Å². The van der Waals surface area contributed by atoms with Crippen molar-refractivity contribution in [3.8, 4) is 5.75 Å². The van der Waals surface area contributed by atoms with Crippen molar-refractivity contribution in [3.05, 3.63) is 39.8 Å². The molecule has 2 aromatic heterocycles. The lowest BCUT2D eigenvalue weighted by molar-refractivity contribution is -0.192. The summed E-state index contributed by atoms with van der Waals surface area (Å²) < 4.78 is 39.8. The molecule has 1 amide bonds. The van der Waals surface area contributed by atoms with E-state index in [0.29, 0.717) is 36.2 Å². The zero-order chi connectivity index (χ0) is 28.5. The first kappa shape index (κ1) is 29.0. The molecule has 3 aromatic rings. The average Bonchev–Trinajstić information content (AvgIpc) is 3.03. The largest absolute Gasteiger partial charge is 0.491 e. The molecule has 0 bridgehead atoms. The molecule has 4 rings (SSSR count). The molecule has 38 heavy (non-hydrogen) atoms. The molecule has 0 saturated heterocycles. The number of fused-ring (bicyclic) bond motifs is 2. The molecule has 1 unspecified atom stereocenters. The number of anilines is 1. The normalized spacial score (nSPS) is 14.3. The Morgan fingerprint density at radius 3 is 2.42 bits per heavy atom. The van der Waals surface area contributed by atoms with Crippen molar-refractivity contribution < 1.29 is 32.6 Å². The second kappa shape index (κ2) is 11.0. The minimum absolute atomic E-state index is 0.0806. The number of carboxylic acid groups (broad SMARTS) is 1. The Morgan fingerprint density at radius 2 is 1.84 bits per heavy atom. The summed E-state index contributed by atoms with van der Waals surface area (Å²) in [5, 5.41) is 13.2. The number of carboxylic acids is 1. The van der Waals surface area contributed by atoms with E-state index >= 15 is 0 Å². The van der Waals surface area contributed by atoms with Gasteiger partial charge in [0.15, 0.2) is 5.65 Å². The zero-order valence-corrected chi connectivity index (χ0v) is 22.2. The molecule has 3 N–H and O–H groups in total. The van der Waals surface area contributed by atoms with Crippen LogP contribution < -0.4 is 10.5 Å². The minimum Gasteiger partial charge on any atom is -0.491 e. The summed E-state index contributed by atoms with van der Waals surface area (Å²) in [5.74, 6) is -1.57. The van der Waals surface area contributed by atoms with Gasteiger partial charge in [-0.3, -0.25) is 4.79 Å². The number of nitrogens with zero attached hydrogens (tertiary/aromatic N) is 5. The van der Waals surface area contributed by atoms with Crippen LogP contribution in [0.15, 0.2) is 12.4 Å². The van der Waals surface area contributed by atoms with Gasteiger partial charge in [-0.25, -0.2) is 19.4 Å². The monoisotopic (exact) mass is 556 g/mol. The Morgan fingerprint density at radius 1 is 1.21 bits per heavy atom. The summed E-state index contributed by atoms with van der Waals surface area (Å²) >= 11 is 6.64. The number of halogens is 4. The first-order chi connectivity index (χ1) is 17.6. The van der Waals surface area contributed by atoms with E-state index in [1.165, 1.54) is 6.33 Å². The molecule has 0 saturated carbocycles. The Kier molecular flexibility index (Phi) is 8.39. The van der Waals surface area contributed by atoms with Crippen molar-refractivity contribution in [2.45, 2.75) is 53.4 Å². The lowest BCUT2D eigenvalue weighted by Crippen LogP contribution is -2.35. The highest BCUT2D eigenvalue weighted by atomic mass is 35.5. The highest BCUT2D eigenvalue weighted by Gasteiger charge is 2.38. The minimum atomic E-state index is -5.08. The summed E-state index contributed by atoms with van der Waals surface area (Å²) in [6.45, 7) is 11.1. The molecule has 0 radical (unpaired) electrons. The average molecular weight is 557 g/mol. The van der Waals surface area contributed by atoms with Crippen LogP contribution in [0.3, 0.4) is 0 Å². The fourth-order valence-electron chi connectivity index (χ4n) is 4.12. The lowest BCUT2D eigenvalue weighted by Gasteiger charge is -2.24. The van der Waals surface area contributed by atoms with Crippen LogP contribution in [0, 0.1) is 19.8 Å². The van der Waals surface area contributed by atoms with Gasteiger partial charge in [-0.05, 0) is 32.4 Å². The molecular formula is C24H28ClF3N6O4. The van der Waals surface area contributed by atoms with E-state index in [9.17, 15) is 18.0 Å². The van der Waals surface area contributed by atoms with Gasteiger partial charge >= 0.3 is 12.1 Å². The number of nitrogens with two attached hydrogens (primary N) is 1. The van der Waals surface area contributed by atoms with Gasteiger partial charge in [-0.2, -0.15) is 18.3 Å². The van der Waals surface area contributed by atoms with E-state index in [4.69, 9.17) is 32.0 Å². The zero-order valence-electron chi connectivity index (χ0n) is 21.4. The van der Waals surface area contributed by atoms with Crippen molar-refractivity contribution in [3.63, 3.8) is 0 Å². The number of aliphatic carboxylic acids is 1. The van der Waals surface area contributed by atoms with Crippen molar-refractivity contribution in [1.29, 1.82) is 0 Å². The van der Waals surface area contributed by atoms with Gasteiger partial charge in [0.2, 0.25) is 5.91 Å². The van der Waals surface area contributed by atoms with Crippen LogP contribution in [-0.2, 0) is 16.1 Å². The third kappa shape index (κ3) is 5.77. The van der Waals surface area contributed by atoms with Crippen molar-refractivity contribution >= 4 is 40.3 Å². The first-order valence-corrected chi connectivity index (χ1v) is 12.0. The molecule has 14 heteroatoms. The number of carbonyl (C=O) groups excluding carboxylic acids is 1. The van der Waals surface area contributed by atoms with E-state index in [2.05, 4.69) is 15.1 Å². The van der Waals surface area contributed by atoms with Crippen LogP contribution in [0.2, 0.25) is 5.02 Å². The predicted octanol–water partition coefficient (Wildman–Crippen LogP) is 4.30. The fourth-order valence-corrected chi connectivity index (χ4v) is 4.35. The summed E-state index contributed by atoms with van der Waals surface area (Å²) in [5.41, 5.74) is 10.2. The van der Waals surface area contributed by atoms with Gasteiger partial charge in [0.1, 0.15) is 24.5 Å². The Bertz CT molecular complexity index is 1380. The fraction of sp³-hybridized carbons (Fsp3) is 0.458. The Balaban J connectivity index is 0.000000505. The number of alkyl halides is 3. The third-order valence-electron chi connectivity index (χ3n) is 6.14. The molecule has 0 spiro atoms. The predicted molar refractivity (Wildman–Crippen MR) is 134 cm³/mol. The van der Waals surface area contributed by atoms with Crippen molar-refractivity contribution in [2.75, 3.05) is 18.9 Å². The van der Waals surface area contributed by atoms with Gasteiger partial charge in [0, 0.05) is 28.6 Å². The van der Waals surface area contributed by atoms with Crippen LogP contribution in [0.5, 0.6) is 5.75 Å². The number of aryl methyl sites for hydroxylation is 1. The molecular weight excluding hydrogens is 529 g/mol. The number of hydrogen-bond donors (Lipinski definition) is 2. The van der Waals surface area contributed by atoms with Gasteiger partial charge in [-0.15, -0.1) is 0 Å². The smallest absolute Gasteiger partial charge is 0.490 e. The number of aromatic nitrogens is 4. The van der Waals surface area contributed by atoms with Crippen LogP contribution in [0.25, 0.3) is 11.0 Å². The van der Waals surface area contributed by atoms with E-state index < -0.39 is 12.1 Å². The quantitative estimate of drug-likeness (QED) is 0.487. The second-order valence-electron chi connectivity index (χ2n) is 9.11. The number of nitrogen functional groups attached to an aromatic ring is 1. The third-order valence-corrected chi connectivity index (χ3v) is 6.54. The topological polar surface area (TPSA) is 136 Å². The summed E-state index contributed by atoms with van der Waals surface area (Å²) in [4.78, 5) is 31.9. The number of benzene rings is 1. The maximum Gasteiger partial charge on any atom is 0.490 e. The van der Waals surface area contributed by atoms with Gasteiger partial charge in [0.05, 0.1) is 23.7 Å². The molecule has 0 fully saturated rings. The highest BCUT2D eigenvalue weighted by molar-refractivity contribution is 6.31. The second-order valence-corrected chi connectivity index (χ2v) is 9.52. The SMILES string of the molecule is Cc1c(Cl)cc(C(C)n2nc(C)c3c(N)ncnc32)c2c1CN(C(=O)C(C)C)CCO2.O=C(O)C(F)(F)F. The molecule has 1 aliphatic heterocycles. The van der Waals surface area contributed by atoms with E-state index in [-0.39, 0.29) is 17.9 Å². The standard InChI is InChI=1S/C22H27ClN6O2.C2HF3O2/c1-11(2)22(30)28-6-7-31-19-15(8-17(23)12(3)16(19)9-28)14(5)29-21-18(13(4)27-29)20(24)25-10-26-21;3-2(4,5)1(6)7/h8,10-11,14H,6-7,9H2,1-5H3,(H2,24,25,26);(H,6,7). The first-order valence-electron chi connectivity index (χ1n) is 11.6. The molecule has 206 valence electrons. The number of hydrogen-bond acceptors (Lipinski definition) is 7. The maximum atomic E-state index is 12.7. The van der Waals surface area contributed by atoms with E-state index in [1.807, 2.05) is 50.3 Å². The lowest BCUT2D eigenvalue weighted by atomic mass is 9.98. The summed E-state index contributed by atoms with van der Waals surface area (Å²) in [7, 11) is 0. The summed E-state index contributed by atoms with van der Waals surface area (Å²) in [6.07, 6.45) is -3.64. The van der Waals surface area contributed by atoms with Crippen molar-refractivity contribution in [2.24, 2.45) is 5.92 Å². The van der Waals surface area contributed by atoms with Crippen molar-refractivity contribution in [1.82, 2.24) is 24.6 Å². The number of amides is 1. The van der Waals surface area contributed by atoms with Crippen LogP contribution in [-0.4, -0.2) is 61.0 Å². The molecule has 10 nitrogen and oxygen atoms in total. The van der Waals surface area contributed by atoms with E-state index in [1.54, 1.807) is 0 Å². The van der Waals surface area contributed by atoms with Crippen LogP contribution in [0.1, 0.15) is 49.2 Å². The maximum absolute atomic E-state index is 12.7. The molecule has 0 aliphatic carbocycles. The molecule has 1 aromatic carbocycles. The number of carbonyl (C=O) groups is 2. The molecule has 1 atom stereocenters. The highest BCUT2D eigenvalue weighted by Crippen LogP contribution is 2.40. The Labute approximate surface area is 221 Å². The molecule has 3 heterocycles. The van der Waals surface area contributed by atoms with Crippen LogP contribution in [0.4, 0.5) is 19.0 Å². The van der Waals surface area contributed by atoms with Crippen LogP contribution >= 0.6 is 11.6 Å². The van der Waals surface area contributed by atoms with Gasteiger partial charge in [-0.1, -0.05) is 25.4 Å². The van der Waals surface area contributed by atoms with Gasteiger partial charge in [0.25, 0.3) is 0 Å². The Hall–Kier alpha value is -3.61. The molecule has 1 aliphatic rings. The van der Waals surface area contributed by atoms with E-state index in [0.717, 1.165) is 33.5 Å².